The number of halogens is 3. The van der Waals surface area contributed by atoms with E-state index in [1.54, 1.807) is 0 Å². The third-order valence-electron chi connectivity index (χ3n) is 2.59. The first-order valence-corrected chi connectivity index (χ1v) is 8.23. The van der Waals surface area contributed by atoms with Crippen molar-refractivity contribution in [3.05, 3.63) is 33.8 Å². The fraction of sp³-hybridized carbons (Fsp3) is 0.417. The lowest BCUT2D eigenvalue weighted by Crippen LogP contribution is -2.17. The van der Waals surface area contributed by atoms with Crippen molar-refractivity contribution in [3.63, 3.8) is 0 Å². The Balaban J connectivity index is 3.15. The normalized spacial score (nSPS) is 14.6. The van der Waals surface area contributed by atoms with E-state index in [0.29, 0.717) is 5.56 Å². The molecule has 0 radical (unpaired) electrons. The highest BCUT2D eigenvalue weighted by molar-refractivity contribution is 9.10. The number of carbonyl (C=O) groups excluding carboxylic acids is 1. The summed E-state index contributed by atoms with van der Waals surface area (Å²) < 4.78 is 48.4. The summed E-state index contributed by atoms with van der Waals surface area (Å²) in [5, 5.41) is 0. The maximum Gasteiger partial charge on any atom is 0.401 e. The Morgan fingerprint density at radius 2 is 2.10 bits per heavy atom. The third kappa shape index (κ3) is 4.10. The number of benzene rings is 1. The molecule has 1 unspecified atom stereocenters. The molecule has 0 aliphatic rings. The van der Waals surface area contributed by atoms with Crippen molar-refractivity contribution in [1.82, 2.24) is 0 Å². The van der Waals surface area contributed by atoms with Crippen LogP contribution in [0.5, 0.6) is 0 Å². The molecule has 1 rings (SSSR count). The van der Waals surface area contributed by atoms with Gasteiger partial charge < -0.3 is 14.2 Å². The van der Waals surface area contributed by atoms with E-state index in [9.17, 15) is 23.0 Å². The van der Waals surface area contributed by atoms with Crippen molar-refractivity contribution in [3.8, 4) is 0 Å². The maximum absolute atomic E-state index is 14.1. The van der Waals surface area contributed by atoms with E-state index >= 15 is 0 Å². The average molecular weight is 387 g/mol. The second-order valence-corrected chi connectivity index (χ2v) is 6.76. The number of hydrogen-bond donors (Lipinski definition) is 1. The molecule has 1 aromatic rings. The molecule has 1 aromatic carbocycles. The zero-order valence-corrected chi connectivity index (χ0v) is 13.8. The van der Waals surface area contributed by atoms with Gasteiger partial charge in [-0.2, -0.15) is 8.78 Å². The van der Waals surface area contributed by atoms with Gasteiger partial charge in [-0.25, -0.2) is 0 Å². The molecule has 0 aromatic heterocycles. The number of alkyl halides is 2. The van der Waals surface area contributed by atoms with Crippen LogP contribution in [0.2, 0.25) is 0 Å². The summed E-state index contributed by atoms with van der Waals surface area (Å²) in [5.74, 6) is -0.524. The topological polar surface area (TPSA) is 72.8 Å². The Bertz CT molecular complexity index is 579. The molecule has 0 spiro atoms. The SMILES string of the molecule is CCOP(=O)(O)C(F)(F)c1ccc(CC(=O)OC)cc1Br. The molecule has 1 atom stereocenters. The first-order valence-electron chi connectivity index (χ1n) is 5.86. The minimum atomic E-state index is -5.15. The Morgan fingerprint density at radius 1 is 1.48 bits per heavy atom. The van der Waals surface area contributed by atoms with Gasteiger partial charge in [-0.1, -0.05) is 28.1 Å². The Morgan fingerprint density at radius 3 is 2.57 bits per heavy atom. The molecule has 9 heteroatoms. The van der Waals surface area contributed by atoms with Gasteiger partial charge in [-0.15, -0.1) is 0 Å². The van der Waals surface area contributed by atoms with Gasteiger partial charge in [0.1, 0.15) is 0 Å². The lowest BCUT2D eigenvalue weighted by molar-refractivity contribution is -0.139. The van der Waals surface area contributed by atoms with Gasteiger partial charge in [0.2, 0.25) is 0 Å². The minimum Gasteiger partial charge on any atom is -0.469 e. The van der Waals surface area contributed by atoms with Crippen LogP contribution in [0.1, 0.15) is 18.1 Å². The second-order valence-electron chi connectivity index (χ2n) is 4.05. The number of rotatable bonds is 6. The van der Waals surface area contributed by atoms with Crippen molar-refractivity contribution < 1.29 is 32.3 Å². The fourth-order valence-electron chi connectivity index (χ4n) is 1.56. The zero-order chi connectivity index (χ0) is 16.3. The Hall–Kier alpha value is -0.820. The number of ether oxygens (including phenoxy) is 1. The van der Waals surface area contributed by atoms with Crippen molar-refractivity contribution >= 4 is 29.5 Å². The van der Waals surface area contributed by atoms with Crippen LogP contribution in [-0.4, -0.2) is 24.6 Å². The predicted molar refractivity (Wildman–Crippen MR) is 75.2 cm³/mol. The monoisotopic (exact) mass is 386 g/mol. The van der Waals surface area contributed by atoms with Crippen LogP contribution in [0.4, 0.5) is 8.78 Å². The van der Waals surface area contributed by atoms with Crippen LogP contribution in [0.15, 0.2) is 22.7 Å². The van der Waals surface area contributed by atoms with Gasteiger partial charge in [0.15, 0.2) is 0 Å². The molecule has 0 saturated heterocycles. The molecule has 0 heterocycles. The second kappa shape index (κ2) is 6.96. The number of esters is 1. The highest BCUT2D eigenvalue weighted by Gasteiger charge is 2.53. The van der Waals surface area contributed by atoms with Crippen molar-refractivity contribution in [2.75, 3.05) is 13.7 Å². The molecular formula is C12H14BrF2O5P. The Labute approximate surface area is 128 Å². The standard InChI is InChI=1S/C12H14BrF2O5P/c1-3-20-21(17,18)12(14,15)9-5-4-8(6-10(9)13)7-11(16)19-2/h4-6H,3,7H2,1-2H3,(H,17,18). The maximum atomic E-state index is 14.1. The quantitative estimate of drug-likeness (QED) is 0.598. The summed E-state index contributed by atoms with van der Waals surface area (Å²) in [7, 11) is -3.94. The smallest absolute Gasteiger partial charge is 0.401 e. The first-order chi connectivity index (χ1) is 9.65. The first kappa shape index (κ1) is 18.2. The molecule has 118 valence electrons. The lowest BCUT2D eigenvalue weighted by atomic mass is 10.1. The van der Waals surface area contributed by atoms with E-state index in [1.165, 1.54) is 26.2 Å². The van der Waals surface area contributed by atoms with Crippen LogP contribution < -0.4 is 0 Å². The molecule has 21 heavy (non-hydrogen) atoms. The summed E-state index contributed by atoms with van der Waals surface area (Å²) in [4.78, 5) is 20.5. The van der Waals surface area contributed by atoms with E-state index in [1.807, 2.05) is 0 Å². The largest absolute Gasteiger partial charge is 0.469 e. The summed E-state index contributed by atoms with van der Waals surface area (Å²) in [6.07, 6.45) is -0.0941. The van der Waals surface area contributed by atoms with Gasteiger partial charge in [-0.05, 0) is 18.6 Å². The van der Waals surface area contributed by atoms with Crippen LogP contribution >= 0.6 is 23.5 Å². The molecule has 0 saturated carbocycles. The van der Waals surface area contributed by atoms with E-state index in [-0.39, 0.29) is 17.5 Å². The summed E-state index contributed by atoms with van der Waals surface area (Å²) in [5.41, 5.74) is -4.32. The molecule has 5 nitrogen and oxygen atoms in total. The number of hydrogen-bond acceptors (Lipinski definition) is 4. The van der Waals surface area contributed by atoms with E-state index in [4.69, 9.17) is 0 Å². The lowest BCUT2D eigenvalue weighted by Gasteiger charge is -2.23. The summed E-state index contributed by atoms with van der Waals surface area (Å²) in [6, 6.07) is 3.51. The molecule has 0 bridgehead atoms. The molecule has 0 fully saturated rings. The van der Waals surface area contributed by atoms with Crippen LogP contribution in [0.25, 0.3) is 0 Å². The Kier molecular flexibility index (Phi) is 6.04. The van der Waals surface area contributed by atoms with Gasteiger partial charge in [-0.3, -0.25) is 9.36 Å². The highest BCUT2D eigenvalue weighted by atomic mass is 79.9. The van der Waals surface area contributed by atoms with E-state index < -0.39 is 24.8 Å². The van der Waals surface area contributed by atoms with Gasteiger partial charge >= 0.3 is 19.2 Å². The predicted octanol–water partition coefficient (Wildman–Crippen LogP) is 3.44. The van der Waals surface area contributed by atoms with Crippen molar-refractivity contribution in [2.45, 2.75) is 19.0 Å². The highest BCUT2D eigenvalue weighted by Crippen LogP contribution is 2.64. The van der Waals surface area contributed by atoms with Crippen molar-refractivity contribution in [1.29, 1.82) is 0 Å². The molecular weight excluding hydrogens is 373 g/mol. The minimum absolute atomic E-state index is 0.0941. The zero-order valence-electron chi connectivity index (χ0n) is 11.3. The van der Waals surface area contributed by atoms with Gasteiger partial charge in [0, 0.05) is 10.0 Å². The van der Waals surface area contributed by atoms with Crippen LogP contribution in [-0.2, 0) is 30.7 Å². The third-order valence-corrected chi connectivity index (χ3v) is 4.81. The molecule has 0 amide bonds. The molecule has 0 aliphatic heterocycles. The number of carbonyl (C=O) groups is 1. The van der Waals surface area contributed by atoms with Crippen LogP contribution in [0.3, 0.4) is 0 Å². The van der Waals surface area contributed by atoms with Gasteiger partial charge in [0.05, 0.1) is 20.1 Å². The fourth-order valence-corrected chi connectivity index (χ4v) is 3.40. The van der Waals surface area contributed by atoms with Crippen LogP contribution in [0, 0.1) is 0 Å². The van der Waals surface area contributed by atoms with E-state index in [2.05, 4.69) is 25.2 Å². The summed E-state index contributed by atoms with van der Waals surface area (Å²) >= 11 is 2.92. The summed E-state index contributed by atoms with van der Waals surface area (Å²) in [6.45, 7) is 1.02. The molecule has 1 N–H and O–H groups in total. The average Bonchev–Trinajstić information content (AvgIpc) is 2.38. The van der Waals surface area contributed by atoms with Crippen molar-refractivity contribution in [2.24, 2.45) is 0 Å². The molecule has 0 aliphatic carbocycles. The van der Waals surface area contributed by atoms with E-state index in [0.717, 1.165) is 6.07 Å². The number of methoxy groups -OCH3 is 1. The van der Waals surface area contributed by atoms with Gasteiger partial charge in [0.25, 0.3) is 0 Å².